The molecule has 106 valence electrons. The van der Waals surface area contributed by atoms with E-state index in [0.717, 1.165) is 11.0 Å². The van der Waals surface area contributed by atoms with Crippen molar-refractivity contribution < 1.29 is 14.1 Å². The summed E-state index contributed by atoms with van der Waals surface area (Å²) in [5.41, 5.74) is 1.67. The van der Waals surface area contributed by atoms with E-state index in [9.17, 15) is 4.79 Å². The van der Waals surface area contributed by atoms with Gasteiger partial charge in [-0.2, -0.15) is 0 Å². The van der Waals surface area contributed by atoms with Crippen molar-refractivity contribution in [2.75, 3.05) is 5.32 Å². The van der Waals surface area contributed by atoms with Crippen LogP contribution in [0, 0.1) is 0 Å². The molecule has 1 aromatic carbocycles. The second-order valence-electron chi connectivity index (χ2n) is 6.35. The van der Waals surface area contributed by atoms with Crippen LogP contribution in [0.5, 0.6) is 0 Å². The molecule has 2 heterocycles. The van der Waals surface area contributed by atoms with E-state index in [1.165, 1.54) is 0 Å². The predicted octanol–water partition coefficient (Wildman–Crippen LogP) is 2.13. The summed E-state index contributed by atoms with van der Waals surface area (Å²) in [4.78, 5) is 11.5. The van der Waals surface area contributed by atoms with Gasteiger partial charge in [0.15, 0.2) is 0 Å². The van der Waals surface area contributed by atoms with Crippen LogP contribution in [-0.4, -0.2) is 24.2 Å². The van der Waals surface area contributed by atoms with Gasteiger partial charge in [-0.3, -0.25) is 4.79 Å². The Bertz CT molecular complexity index is 584. The summed E-state index contributed by atoms with van der Waals surface area (Å²) in [6.07, 6.45) is 0.350. The maximum atomic E-state index is 11.5. The van der Waals surface area contributed by atoms with E-state index in [1.54, 1.807) is 6.07 Å². The van der Waals surface area contributed by atoms with E-state index in [2.05, 4.69) is 5.32 Å². The van der Waals surface area contributed by atoms with Crippen LogP contribution in [0.1, 0.15) is 33.3 Å². The van der Waals surface area contributed by atoms with Crippen LogP contribution in [-0.2, 0) is 20.5 Å². The quantitative estimate of drug-likeness (QED) is 0.807. The minimum absolute atomic E-state index is 0.0343. The van der Waals surface area contributed by atoms with Crippen molar-refractivity contribution in [1.82, 2.24) is 0 Å². The van der Waals surface area contributed by atoms with Gasteiger partial charge in [-0.25, -0.2) is 0 Å². The van der Waals surface area contributed by atoms with Crippen LogP contribution in [0.2, 0.25) is 5.02 Å². The van der Waals surface area contributed by atoms with Crippen molar-refractivity contribution in [3.63, 3.8) is 0 Å². The summed E-state index contributed by atoms with van der Waals surface area (Å²) < 4.78 is 12.0. The van der Waals surface area contributed by atoms with Crippen LogP contribution in [0.4, 0.5) is 5.69 Å². The summed E-state index contributed by atoms with van der Waals surface area (Å²) in [5.74, 6) is -0.0343. The Morgan fingerprint density at radius 2 is 1.80 bits per heavy atom. The molecule has 1 saturated heterocycles. The molecule has 0 saturated carbocycles. The molecule has 2 aliphatic rings. The smallest absolute Gasteiger partial charge is 0.399 e. The molecule has 0 spiro atoms. The molecule has 1 fully saturated rings. The SMILES string of the molecule is CC1(C)OB(c2cc(Cl)c3c(c2)CC(=O)N3)OC1(C)C. The Kier molecular flexibility index (Phi) is 2.94. The fraction of sp³-hybridized carbons (Fsp3) is 0.500. The topological polar surface area (TPSA) is 47.6 Å². The van der Waals surface area contributed by atoms with Gasteiger partial charge in [0, 0.05) is 0 Å². The van der Waals surface area contributed by atoms with E-state index >= 15 is 0 Å². The number of nitrogens with one attached hydrogen (secondary N) is 1. The maximum Gasteiger partial charge on any atom is 0.494 e. The van der Waals surface area contributed by atoms with E-state index in [-0.39, 0.29) is 5.91 Å². The zero-order chi connectivity index (χ0) is 14.7. The van der Waals surface area contributed by atoms with E-state index in [0.29, 0.717) is 17.1 Å². The van der Waals surface area contributed by atoms with Crippen LogP contribution in [0.25, 0.3) is 0 Å². The van der Waals surface area contributed by atoms with Crippen LogP contribution >= 0.6 is 11.6 Å². The Hall–Kier alpha value is -1.04. The van der Waals surface area contributed by atoms with Crippen LogP contribution < -0.4 is 10.8 Å². The van der Waals surface area contributed by atoms with Crippen molar-refractivity contribution in [1.29, 1.82) is 0 Å². The largest absolute Gasteiger partial charge is 0.494 e. The first-order valence-electron chi connectivity index (χ1n) is 6.67. The number of amides is 1. The molecule has 1 N–H and O–H groups in total. The molecular formula is C14H17BClNO3. The van der Waals surface area contributed by atoms with Crippen molar-refractivity contribution in [2.24, 2.45) is 0 Å². The number of halogens is 1. The molecule has 0 unspecified atom stereocenters. The number of benzene rings is 1. The molecule has 6 heteroatoms. The number of fused-ring (bicyclic) bond motifs is 1. The van der Waals surface area contributed by atoms with Gasteiger partial charge in [-0.15, -0.1) is 0 Å². The molecule has 0 aliphatic carbocycles. The highest BCUT2D eigenvalue weighted by Crippen LogP contribution is 2.37. The minimum atomic E-state index is -0.460. The van der Waals surface area contributed by atoms with E-state index in [1.807, 2.05) is 33.8 Å². The summed E-state index contributed by atoms with van der Waals surface area (Å²) in [6, 6.07) is 3.73. The highest BCUT2D eigenvalue weighted by atomic mass is 35.5. The number of hydrogen-bond acceptors (Lipinski definition) is 3. The molecule has 0 aromatic heterocycles. The molecule has 0 radical (unpaired) electrons. The van der Waals surface area contributed by atoms with Crippen molar-refractivity contribution in [3.05, 3.63) is 22.7 Å². The van der Waals surface area contributed by atoms with Gasteiger partial charge in [-0.05, 0) is 44.8 Å². The van der Waals surface area contributed by atoms with E-state index in [4.69, 9.17) is 20.9 Å². The minimum Gasteiger partial charge on any atom is -0.399 e. The van der Waals surface area contributed by atoms with Gasteiger partial charge in [-0.1, -0.05) is 17.7 Å². The van der Waals surface area contributed by atoms with Gasteiger partial charge < -0.3 is 14.6 Å². The third-order valence-electron chi connectivity index (χ3n) is 4.34. The third kappa shape index (κ3) is 2.05. The van der Waals surface area contributed by atoms with Crippen molar-refractivity contribution in [2.45, 2.75) is 45.3 Å². The molecule has 3 rings (SSSR count). The summed E-state index contributed by atoms with van der Waals surface area (Å²) in [5, 5.41) is 3.29. The van der Waals surface area contributed by atoms with Crippen LogP contribution in [0.3, 0.4) is 0 Å². The highest BCUT2D eigenvalue weighted by molar-refractivity contribution is 6.62. The first kappa shape index (κ1) is 13.9. The lowest BCUT2D eigenvalue weighted by molar-refractivity contribution is -0.115. The van der Waals surface area contributed by atoms with Gasteiger partial charge in [0.05, 0.1) is 28.3 Å². The zero-order valence-corrected chi connectivity index (χ0v) is 12.8. The highest BCUT2D eigenvalue weighted by Gasteiger charge is 2.51. The van der Waals surface area contributed by atoms with Crippen LogP contribution in [0.15, 0.2) is 12.1 Å². The molecular weight excluding hydrogens is 276 g/mol. The van der Waals surface area contributed by atoms with Gasteiger partial charge in [0.25, 0.3) is 0 Å². The molecule has 20 heavy (non-hydrogen) atoms. The molecule has 0 bridgehead atoms. The zero-order valence-electron chi connectivity index (χ0n) is 12.0. The fourth-order valence-corrected chi connectivity index (χ4v) is 2.73. The van der Waals surface area contributed by atoms with Gasteiger partial charge >= 0.3 is 7.12 Å². The van der Waals surface area contributed by atoms with Crippen molar-refractivity contribution >= 4 is 35.8 Å². The monoisotopic (exact) mass is 293 g/mol. The lowest BCUT2D eigenvalue weighted by Gasteiger charge is -2.32. The van der Waals surface area contributed by atoms with E-state index < -0.39 is 18.3 Å². The molecule has 2 aliphatic heterocycles. The summed E-state index contributed by atoms with van der Waals surface area (Å²) in [6.45, 7) is 8.03. The second kappa shape index (κ2) is 4.23. The Morgan fingerprint density at radius 1 is 1.20 bits per heavy atom. The lowest BCUT2D eigenvalue weighted by atomic mass is 9.78. The number of anilines is 1. The molecule has 1 amide bonds. The van der Waals surface area contributed by atoms with Gasteiger partial charge in [0.1, 0.15) is 0 Å². The third-order valence-corrected chi connectivity index (χ3v) is 4.63. The molecule has 4 nitrogen and oxygen atoms in total. The first-order chi connectivity index (χ1) is 9.19. The normalized spacial score (nSPS) is 22.9. The predicted molar refractivity (Wildman–Crippen MR) is 79.5 cm³/mol. The standard InChI is InChI=1S/C14H17BClNO3/c1-13(2)14(3,4)20-15(19-13)9-5-8-6-11(18)17-12(8)10(16)7-9/h5,7H,6H2,1-4H3,(H,17,18). The Labute approximate surface area is 123 Å². The Balaban J connectivity index is 1.96. The number of rotatable bonds is 1. The lowest BCUT2D eigenvalue weighted by Crippen LogP contribution is -2.41. The van der Waals surface area contributed by atoms with Gasteiger partial charge in [0.2, 0.25) is 5.91 Å². The summed E-state index contributed by atoms with van der Waals surface area (Å²) in [7, 11) is -0.460. The van der Waals surface area contributed by atoms with Crippen molar-refractivity contribution in [3.8, 4) is 0 Å². The number of carbonyl (C=O) groups excluding carboxylic acids is 1. The number of hydrogen-bond donors (Lipinski definition) is 1. The Morgan fingerprint density at radius 3 is 2.40 bits per heavy atom. The number of carbonyl (C=O) groups is 1. The maximum absolute atomic E-state index is 11.5. The fourth-order valence-electron chi connectivity index (χ4n) is 2.44. The second-order valence-corrected chi connectivity index (χ2v) is 6.76. The average molecular weight is 294 g/mol. The first-order valence-corrected chi connectivity index (χ1v) is 7.05. The average Bonchev–Trinajstić information content (AvgIpc) is 2.77. The molecule has 0 atom stereocenters. The molecule has 1 aromatic rings. The summed E-state index contributed by atoms with van der Waals surface area (Å²) >= 11 is 6.23.